The standard InChI is InChI=1S/2C8H6N2.ClH/c2*1-2-4-8-7(3-1)5-6-9-10-8;/h2*1-6H;1H. The molecule has 4 rings (SSSR count). The number of hydrogen-bond donors (Lipinski definition) is 0. The van der Waals surface area contributed by atoms with Crippen LogP contribution < -0.4 is 0 Å². The molecule has 0 fully saturated rings. The van der Waals surface area contributed by atoms with E-state index in [1.165, 1.54) is 0 Å². The maximum atomic E-state index is 3.93. The number of aromatic nitrogens is 4. The van der Waals surface area contributed by atoms with Gasteiger partial charge in [-0.05, 0) is 24.3 Å². The third-order valence-corrected chi connectivity index (χ3v) is 2.85. The zero-order valence-corrected chi connectivity index (χ0v) is 11.9. The van der Waals surface area contributed by atoms with Crippen molar-refractivity contribution < 1.29 is 0 Å². The van der Waals surface area contributed by atoms with E-state index in [0.717, 1.165) is 21.8 Å². The van der Waals surface area contributed by atoms with E-state index >= 15 is 0 Å². The first-order valence-electron chi connectivity index (χ1n) is 6.26. The van der Waals surface area contributed by atoms with Crippen molar-refractivity contribution in [3.8, 4) is 0 Å². The molecule has 0 spiro atoms. The lowest BCUT2D eigenvalue weighted by Crippen LogP contribution is -1.79. The molecule has 0 aliphatic heterocycles. The summed E-state index contributed by atoms with van der Waals surface area (Å²) >= 11 is 0. The Balaban J connectivity index is 0.000000147. The molecule has 0 unspecified atom stereocenters. The number of halogens is 1. The Morgan fingerprint density at radius 2 is 0.952 bits per heavy atom. The SMILES string of the molecule is Cl.c1ccc2nnccc2c1.c1ccc2nnccc2c1. The average molecular weight is 297 g/mol. The first-order chi connectivity index (χ1) is 9.93. The van der Waals surface area contributed by atoms with Crippen LogP contribution in [0.4, 0.5) is 0 Å². The Morgan fingerprint density at radius 1 is 0.524 bits per heavy atom. The highest BCUT2D eigenvalue weighted by atomic mass is 35.5. The summed E-state index contributed by atoms with van der Waals surface area (Å²) < 4.78 is 0. The van der Waals surface area contributed by atoms with Crippen LogP contribution in [0.2, 0.25) is 0 Å². The van der Waals surface area contributed by atoms with Crippen molar-refractivity contribution in [1.29, 1.82) is 0 Å². The molecule has 4 aromatic rings. The molecule has 0 radical (unpaired) electrons. The summed E-state index contributed by atoms with van der Waals surface area (Å²) in [6.45, 7) is 0. The van der Waals surface area contributed by atoms with Crippen molar-refractivity contribution in [3.63, 3.8) is 0 Å². The minimum Gasteiger partial charge on any atom is -0.159 e. The molecular formula is C16H13ClN4. The maximum absolute atomic E-state index is 3.93. The van der Waals surface area contributed by atoms with Crippen LogP contribution in [0.25, 0.3) is 21.8 Å². The first-order valence-corrected chi connectivity index (χ1v) is 6.26. The lowest BCUT2D eigenvalue weighted by Gasteiger charge is -1.90. The van der Waals surface area contributed by atoms with E-state index in [0.29, 0.717) is 0 Å². The van der Waals surface area contributed by atoms with Crippen LogP contribution in [0.3, 0.4) is 0 Å². The Bertz CT molecular complexity index is 634. The molecule has 0 amide bonds. The molecule has 2 heterocycles. The van der Waals surface area contributed by atoms with Gasteiger partial charge in [-0.15, -0.1) is 12.4 Å². The van der Waals surface area contributed by atoms with Gasteiger partial charge in [0.05, 0.1) is 23.4 Å². The van der Waals surface area contributed by atoms with Crippen LogP contribution in [0.1, 0.15) is 0 Å². The zero-order valence-electron chi connectivity index (χ0n) is 11.1. The first kappa shape index (κ1) is 14.8. The maximum Gasteiger partial charge on any atom is 0.0929 e. The monoisotopic (exact) mass is 296 g/mol. The molecule has 21 heavy (non-hydrogen) atoms. The van der Waals surface area contributed by atoms with Gasteiger partial charge in [-0.3, -0.25) is 0 Å². The number of nitrogens with zero attached hydrogens (tertiary/aromatic N) is 4. The molecule has 0 aliphatic carbocycles. The number of rotatable bonds is 0. The van der Waals surface area contributed by atoms with Gasteiger partial charge in [-0.25, -0.2) is 0 Å². The van der Waals surface area contributed by atoms with Crippen molar-refractivity contribution in [2.45, 2.75) is 0 Å². The Morgan fingerprint density at radius 3 is 1.38 bits per heavy atom. The number of benzene rings is 2. The number of hydrogen-bond acceptors (Lipinski definition) is 4. The second-order valence-electron chi connectivity index (χ2n) is 4.18. The van der Waals surface area contributed by atoms with Crippen molar-refractivity contribution in [2.75, 3.05) is 0 Å². The van der Waals surface area contributed by atoms with Crippen molar-refractivity contribution in [2.24, 2.45) is 0 Å². The highest BCUT2D eigenvalue weighted by Crippen LogP contribution is 2.07. The van der Waals surface area contributed by atoms with E-state index in [9.17, 15) is 0 Å². The minimum absolute atomic E-state index is 0. The van der Waals surface area contributed by atoms with Crippen LogP contribution in [0, 0.1) is 0 Å². The third kappa shape index (κ3) is 3.70. The van der Waals surface area contributed by atoms with E-state index < -0.39 is 0 Å². The number of fused-ring (bicyclic) bond motifs is 2. The second-order valence-corrected chi connectivity index (χ2v) is 4.18. The predicted molar refractivity (Wildman–Crippen MR) is 86.3 cm³/mol. The van der Waals surface area contributed by atoms with Crippen molar-refractivity contribution in [1.82, 2.24) is 20.4 Å². The van der Waals surface area contributed by atoms with Gasteiger partial charge in [-0.1, -0.05) is 36.4 Å². The van der Waals surface area contributed by atoms with Gasteiger partial charge in [-0.2, -0.15) is 20.4 Å². The molecule has 0 bridgehead atoms. The van der Waals surface area contributed by atoms with Gasteiger partial charge in [0.2, 0.25) is 0 Å². The highest BCUT2D eigenvalue weighted by Gasteiger charge is 1.88. The van der Waals surface area contributed by atoms with E-state index in [1.807, 2.05) is 60.7 Å². The van der Waals surface area contributed by atoms with Gasteiger partial charge in [0.1, 0.15) is 0 Å². The summed E-state index contributed by atoms with van der Waals surface area (Å²) in [7, 11) is 0. The van der Waals surface area contributed by atoms with Crippen LogP contribution >= 0.6 is 12.4 Å². The van der Waals surface area contributed by atoms with Crippen LogP contribution in [0.15, 0.2) is 73.1 Å². The fourth-order valence-corrected chi connectivity index (χ4v) is 1.86. The quantitative estimate of drug-likeness (QED) is 0.497. The average Bonchev–Trinajstić information content (AvgIpc) is 2.56. The van der Waals surface area contributed by atoms with Crippen LogP contribution in [-0.2, 0) is 0 Å². The summed E-state index contributed by atoms with van der Waals surface area (Å²) in [6.07, 6.45) is 3.39. The molecule has 0 atom stereocenters. The molecule has 5 heteroatoms. The second kappa shape index (κ2) is 7.26. The van der Waals surface area contributed by atoms with Gasteiger partial charge in [0.25, 0.3) is 0 Å². The Kier molecular flexibility index (Phi) is 5.12. The van der Waals surface area contributed by atoms with Crippen LogP contribution in [-0.4, -0.2) is 20.4 Å². The van der Waals surface area contributed by atoms with Gasteiger partial charge in [0.15, 0.2) is 0 Å². The summed E-state index contributed by atoms with van der Waals surface area (Å²) in [6, 6.07) is 19.7. The molecule has 0 aliphatic rings. The minimum atomic E-state index is 0. The van der Waals surface area contributed by atoms with E-state index in [4.69, 9.17) is 0 Å². The smallest absolute Gasteiger partial charge is 0.0929 e. The Labute approximate surface area is 128 Å². The lowest BCUT2D eigenvalue weighted by molar-refractivity contribution is 1.08. The summed E-state index contributed by atoms with van der Waals surface area (Å²) in [4.78, 5) is 0. The molecule has 0 saturated heterocycles. The summed E-state index contributed by atoms with van der Waals surface area (Å²) in [5, 5.41) is 17.7. The fourth-order valence-electron chi connectivity index (χ4n) is 1.86. The molecule has 0 saturated carbocycles. The lowest BCUT2D eigenvalue weighted by atomic mass is 10.2. The highest BCUT2D eigenvalue weighted by molar-refractivity contribution is 5.85. The van der Waals surface area contributed by atoms with Gasteiger partial charge < -0.3 is 0 Å². The molecule has 4 nitrogen and oxygen atoms in total. The largest absolute Gasteiger partial charge is 0.159 e. The van der Waals surface area contributed by atoms with Crippen molar-refractivity contribution in [3.05, 3.63) is 73.1 Å². The molecule has 2 aromatic heterocycles. The molecule has 104 valence electrons. The van der Waals surface area contributed by atoms with Gasteiger partial charge >= 0.3 is 0 Å². The van der Waals surface area contributed by atoms with Gasteiger partial charge in [0, 0.05) is 10.8 Å². The van der Waals surface area contributed by atoms with Crippen molar-refractivity contribution >= 4 is 34.2 Å². The topological polar surface area (TPSA) is 51.6 Å². The van der Waals surface area contributed by atoms with Crippen LogP contribution in [0.5, 0.6) is 0 Å². The van der Waals surface area contributed by atoms with E-state index in [2.05, 4.69) is 20.4 Å². The normalized spacial score (nSPS) is 9.52. The molecule has 2 aromatic carbocycles. The van der Waals surface area contributed by atoms with E-state index in [1.54, 1.807) is 12.4 Å². The predicted octanol–water partition coefficient (Wildman–Crippen LogP) is 3.68. The third-order valence-electron chi connectivity index (χ3n) is 2.85. The molecule has 0 N–H and O–H groups in total. The molecular weight excluding hydrogens is 284 g/mol. The zero-order chi connectivity index (χ0) is 13.6. The summed E-state index contributed by atoms with van der Waals surface area (Å²) in [5.41, 5.74) is 1.90. The summed E-state index contributed by atoms with van der Waals surface area (Å²) in [5.74, 6) is 0. The fraction of sp³-hybridized carbons (Fsp3) is 0. The van der Waals surface area contributed by atoms with E-state index in [-0.39, 0.29) is 12.4 Å². The Hall–Kier alpha value is -2.59.